The number of carbonyl (C=O) groups excluding carboxylic acids is 1. The third-order valence-electron chi connectivity index (χ3n) is 4.21. The van der Waals surface area contributed by atoms with E-state index in [2.05, 4.69) is 0 Å². The number of ether oxygens (including phenoxy) is 4. The number of nitrogens with zero attached hydrogens (tertiary/aromatic N) is 1. The van der Waals surface area contributed by atoms with Crippen LogP contribution in [0.25, 0.3) is 0 Å². The number of aliphatic hydroxyl groups is 1. The van der Waals surface area contributed by atoms with Crippen LogP contribution in [0.2, 0.25) is 0 Å². The van der Waals surface area contributed by atoms with Crippen molar-refractivity contribution in [1.29, 1.82) is 0 Å². The van der Waals surface area contributed by atoms with Crippen molar-refractivity contribution in [3.8, 4) is 11.5 Å². The molecule has 0 saturated carbocycles. The molecular weight excluding hydrogens is 326 g/mol. The van der Waals surface area contributed by atoms with Gasteiger partial charge in [-0.1, -0.05) is 6.07 Å². The lowest BCUT2D eigenvalue weighted by molar-refractivity contribution is -0.0679. The van der Waals surface area contributed by atoms with Gasteiger partial charge in [0.1, 0.15) is 17.4 Å². The Bertz CT molecular complexity index is 666. The Labute approximate surface area is 147 Å². The molecule has 2 atom stereocenters. The number of fused-ring (bicyclic) bond motifs is 1. The number of amides is 1. The van der Waals surface area contributed by atoms with Crippen LogP contribution in [-0.4, -0.2) is 46.9 Å². The molecule has 0 unspecified atom stereocenters. The van der Waals surface area contributed by atoms with E-state index in [1.165, 1.54) is 4.90 Å². The SMILES string of the molecule is CC(C)(C)OC(=O)N1[C@@H]([C@@H](O)c2ccc3c(c2)OCO3)COC1(C)C. The Morgan fingerprint density at radius 1 is 1.32 bits per heavy atom. The summed E-state index contributed by atoms with van der Waals surface area (Å²) in [5, 5.41) is 10.9. The minimum absolute atomic E-state index is 0.165. The van der Waals surface area contributed by atoms with E-state index in [-0.39, 0.29) is 13.4 Å². The summed E-state index contributed by atoms with van der Waals surface area (Å²) in [6.45, 7) is 9.35. The molecule has 25 heavy (non-hydrogen) atoms. The van der Waals surface area contributed by atoms with Crippen molar-refractivity contribution >= 4 is 6.09 Å². The lowest BCUT2D eigenvalue weighted by atomic mass is 10.0. The summed E-state index contributed by atoms with van der Waals surface area (Å²) in [6.07, 6.45) is -1.46. The van der Waals surface area contributed by atoms with Gasteiger partial charge in [-0.05, 0) is 52.3 Å². The smallest absolute Gasteiger partial charge is 0.413 e. The zero-order valence-electron chi connectivity index (χ0n) is 15.2. The first-order valence-corrected chi connectivity index (χ1v) is 8.32. The molecule has 3 rings (SSSR count). The summed E-state index contributed by atoms with van der Waals surface area (Å²) in [5.74, 6) is 1.22. The van der Waals surface area contributed by atoms with Crippen molar-refractivity contribution in [3.63, 3.8) is 0 Å². The molecule has 7 heteroatoms. The molecule has 0 aliphatic carbocycles. The first-order valence-electron chi connectivity index (χ1n) is 8.32. The van der Waals surface area contributed by atoms with Gasteiger partial charge in [0.2, 0.25) is 6.79 Å². The van der Waals surface area contributed by atoms with Crippen LogP contribution < -0.4 is 9.47 Å². The minimum atomic E-state index is -0.941. The third-order valence-corrected chi connectivity index (χ3v) is 4.21. The Balaban J connectivity index is 1.85. The minimum Gasteiger partial charge on any atom is -0.454 e. The van der Waals surface area contributed by atoms with Gasteiger partial charge in [-0.15, -0.1) is 0 Å². The van der Waals surface area contributed by atoms with E-state index in [0.717, 1.165) is 0 Å². The largest absolute Gasteiger partial charge is 0.454 e. The van der Waals surface area contributed by atoms with Gasteiger partial charge in [0.25, 0.3) is 0 Å². The molecule has 1 fully saturated rings. The Kier molecular flexibility index (Phi) is 4.33. The van der Waals surface area contributed by atoms with E-state index in [0.29, 0.717) is 17.1 Å². The van der Waals surface area contributed by atoms with Gasteiger partial charge in [-0.2, -0.15) is 0 Å². The number of carbonyl (C=O) groups is 1. The fourth-order valence-corrected chi connectivity index (χ4v) is 3.05. The fourth-order valence-electron chi connectivity index (χ4n) is 3.05. The van der Waals surface area contributed by atoms with Crippen LogP contribution in [0.1, 0.15) is 46.3 Å². The molecule has 0 spiro atoms. The van der Waals surface area contributed by atoms with Gasteiger partial charge < -0.3 is 24.1 Å². The fraction of sp³-hybridized carbons (Fsp3) is 0.611. The van der Waals surface area contributed by atoms with E-state index >= 15 is 0 Å². The zero-order valence-corrected chi connectivity index (χ0v) is 15.2. The van der Waals surface area contributed by atoms with Gasteiger partial charge in [0, 0.05) is 0 Å². The highest BCUT2D eigenvalue weighted by Gasteiger charge is 2.48. The number of hydrogen-bond donors (Lipinski definition) is 1. The molecule has 2 heterocycles. The molecule has 7 nitrogen and oxygen atoms in total. The van der Waals surface area contributed by atoms with E-state index in [1.54, 1.807) is 52.8 Å². The molecule has 1 aromatic rings. The summed E-state index contributed by atoms with van der Waals surface area (Å²) >= 11 is 0. The molecule has 0 bridgehead atoms. The summed E-state index contributed by atoms with van der Waals surface area (Å²) < 4.78 is 21.9. The number of hydrogen-bond acceptors (Lipinski definition) is 6. The van der Waals surface area contributed by atoms with Crippen LogP contribution in [0.4, 0.5) is 4.79 Å². The lowest BCUT2D eigenvalue weighted by Gasteiger charge is -2.36. The maximum Gasteiger partial charge on any atom is 0.413 e. The summed E-state index contributed by atoms with van der Waals surface area (Å²) in [7, 11) is 0. The summed E-state index contributed by atoms with van der Waals surface area (Å²) in [6, 6.07) is 4.67. The molecule has 1 aromatic carbocycles. The van der Waals surface area contributed by atoms with Crippen LogP contribution in [0.5, 0.6) is 11.5 Å². The number of aliphatic hydroxyl groups excluding tert-OH is 1. The second-order valence-electron chi connectivity index (χ2n) is 7.73. The summed E-state index contributed by atoms with van der Waals surface area (Å²) in [4.78, 5) is 14.1. The highest BCUT2D eigenvalue weighted by atomic mass is 16.7. The normalized spacial score (nSPS) is 22.8. The van der Waals surface area contributed by atoms with Crippen LogP contribution in [0.15, 0.2) is 18.2 Å². The van der Waals surface area contributed by atoms with E-state index < -0.39 is 29.6 Å². The Morgan fingerprint density at radius 3 is 2.68 bits per heavy atom. The van der Waals surface area contributed by atoms with E-state index in [9.17, 15) is 9.90 Å². The predicted molar refractivity (Wildman–Crippen MR) is 89.4 cm³/mol. The highest BCUT2D eigenvalue weighted by Crippen LogP contribution is 2.39. The number of benzene rings is 1. The third kappa shape index (κ3) is 3.52. The van der Waals surface area contributed by atoms with Crippen molar-refractivity contribution in [2.75, 3.05) is 13.4 Å². The second kappa shape index (κ2) is 6.07. The van der Waals surface area contributed by atoms with Gasteiger partial charge in [-0.3, -0.25) is 4.90 Å². The zero-order chi connectivity index (χ0) is 18.4. The van der Waals surface area contributed by atoms with Crippen LogP contribution >= 0.6 is 0 Å². The maximum atomic E-state index is 12.7. The van der Waals surface area contributed by atoms with Crippen LogP contribution in [0.3, 0.4) is 0 Å². The molecule has 1 N–H and O–H groups in total. The average Bonchev–Trinajstić information content (AvgIpc) is 3.07. The van der Waals surface area contributed by atoms with Crippen LogP contribution in [-0.2, 0) is 9.47 Å². The molecule has 2 aliphatic heterocycles. The number of rotatable bonds is 2. The quantitative estimate of drug-likeness (QED) is 0.883. The average molecular weight is 351 g/mol. The highest BCUT2D eigenvalue weighted by molar-refractivity contribution is 5.70. The van der Waals surface area contributed by atoms with Gasteiger partial charge in [-0.25, -0.2) is 4.79 Å². The summed E-state index contributed by atoms with van der Waals surface area (Å²) in [5.41, 5.74) is -0.877. The van der Waals surface area contributed by atoms with Crippen molar-refractivity contribution in [1.82, 2.24) is 4.90 Å². The monoisotopic (exact) mass is 351 g/mol. The molecule has 138 valence electrons. The maximum absolute atomic E-state index is 12.7. The molecule has 1 amide bonds. The molecule has 2 aliphatic rings. The molecule has 0 radical (unpaired) electrons. The van der Waals surface area contributed by atoms with Crippen molar-refractivity contribution in [3.05, 3.63) is 23.8 Å². The molecule has 0 aromatic heterocycles. The molecule has 1 saturated heterocycles. The van der Waals surface area contributed by atoms with Crippen LogP contribution in [0, 0.1) is 0 Å². The Hall–Kier alpha value is -1.99. The van der Waals surface area contributed by atoms with E-state index in [1.807, 2.05) is 0 Å². The van der Waals surface area contributed by atoms with Crippen molar-refractivity contribution < 1.29 is 28.8 Å². The Morgan fingerprint density at radius 2 is 2.00 bits per heavy atom. The topological polar surface area (TPSA) is 77.5 Å². The second-order valence-corrected chi connectivity index (χ2v) is 7.73. The molecular formula is C18H25NO6. The van der Waals surface area contributed by atoms with E-state index in [4.69, 9.17) is 18.9 Å². The predicted octanol–water partition coefficient (Wildman–Crippen LogP) is 2.82. The van der Waals surface area contributed by atoms with Crippen molar-refractivity contribution in [2.45, 2.75) is 58.1 Å². The van der Waals surface area contributed by atoms with Gasteiger partial charge in [0.05, 0.1) is 12.6 Å². The van der Waals surface area contributed by atoms with Crippen molar-refractivity contribution in [2.24, 2.45) is 0 Å². The standard InChI is InChI=1S/C18H25NO6/c1-17(2,3)25-16(21)19-12(9-24-18(19,4)5)15(20)11-6-7-13-14(8-11)23-10-22-13/h6-8,12,15,20H,9-10H2,1-5H3/t12-,15+/m1/s1. The first kappa shape index (κ1) is 17.8. The van der Waals surface area contributed by atoms with Gasteiger partial charge >= 0.3 is 6.09 Å². The lowest BCUT2D eigenvalue weighted by Crippen LogP contribution is -2.51. The first-order chi connectivity index (χ1) is 11.6. The van der Waals surface area contributed by atoms with Gasteiger partial charge in [0.15, 0.2) is 11.5 Å².